The lowest BCUT2D eigenvalue weighted by Crippen LogP contribution is -2.24. The highest BCUT2D eigenvalue weighted by atomic mass is 79.9. The molecule has 0 atom stereocenters. The number of fused-ring (bicyclic) bond motifs is 1. The minimum absolute atomic E-state index is 0.00690. The van der Waals surface area contributed by atoms with Crippen LogP contribution in [-0.4, -0.2) is 9.55 Å². The summed E-state index contributed by atoms with van der Waals surface area (Å²) in [4.78, 5) is 16.3. The SMILES string of the molecule is CCCn1c(=O)c(C)nc2ccc(Br)cc21. The first kappa shape index (κ1) is 11.3. The molecule has 0 saturated heterocycles. The molecule has 0 radical (unpaired) electrons. The van der Waals surface area contributed by atoms with Gasteiger partial charge in [0.1, 0.15) is 5.69 Å². The number of rotatable bonds is 2. The van der Waals surface area contributed by atoms with Gasteiger partial charge in [0.25, 0.3) is 5.56 Å². The van der Waals surface area contributed by atoms with Crippen molar-refractivity contribution in [3.05, 3.63) is 38.7 Å². The summed E-state index contributed by atoms with van der Waals surface area (Å²) in [5.41, 5.74) is 2.33. The molecule has 0 aliphatic heterocycles. The Bertz CT molecular complexity index is 589. The third-order valence-electron chi connectivity index (χ3n) is 2.52. The van der Waals surface area contributed by atoms with Crippen LogP contribution in [0.2, 0.25) is 0 Å². The Balaban J connectivity index is 2.85. The molecular weight excluding hydrogens is 268 g/mol. The van der Waals surface area contributed by atoms with Crippen LogP contribution < -0.4 is 5.56 Å². The van der Waals surface area contributed by atoms with Crippen LogP contribution >= 0.6 is 15.9 Å². The van der Waals surface area contributed by atoms with E-state index in [1.165, 1.54) is 0 Å². The molecule has 2 aromatic rings. The number of benzene rings is 1. The van der Waals surface area contributed by atoms with Crippen molar-refractivity contribution in [2.24, 2.45) is 0 Å². The van der Waals surface area contributed by atoms with Crippen LogP contribution in [0.15, 0.2) is 27.5 Å². The van der Waals surface area contributed by atoms with E-state index in [2.05, 4.69) is 27.8 Å². The minimum Gasteiger partial charge on any atom is -0.305 e. The zero-order valence-corrected chi connectivity index (χ0v) is 10.9. The number of halogens is 1. The molecule has 0 saturated carbocycles. The van der Waals surface area contributed by atoms with Crippen LogP contribution in [0.5, 0.6) is 0 Å². The summed E-state index contributed by atoms with van der Waals surface area (Å²) in [6.07, 6.45) is 0.935. The van der Waals surface area contributed by atoms with Gasteiger partial charge in [0.15, 0.2) is 0 Å². The molecule has 0 aliphatic rings. The summed E-state index contributed by atoms with van der Waals surface area (Å²) in [5, 5.41) is 0. The zero-order valence-electron chi connectivity index (χ0n) is 9.33. The minimum atomic E-state index is 0.00690. The Kier molecular flexibility index (Phi) is 3.10. The average molecular weight is 281 g/mol. The first-order valence-electron chi connectivity index (χ1n) is 5.30. The van der Waals surface area contributed by atoms with E-state index in [-0.39, 0.29) is 5.56 Å². The van der Waals surface area contributed by atoms with Crippen molar-refractivity contribution in [3.8, 4) is 0 Å². The molecule has 0 amide bonds. The molecule has 0 unspecified atom stereocenters. The Morgan fingerprint density at radius 2 is 2.19 bits per heavy atom. The van der Waals surface area contributed by atoms with E-state index < -0.39 is 0 Å². The van der Waals surface area contributed by atoms with Crippen molar-refractivity contribution in [2.75, 3.05) is 0 Å². The smallest absolute Gasteiger partial charge is 0.272 e. The van der Waals surface area contributed by atoms with Gasteiger partial charge in [-0.1, -0.05) is 22.9 Å². The van der Waals surface area contributed by atoms with Crippen molar-refractivity contribution in [1.29, 1.82) is 0 Å². The quantitative estimate of drug-likeness (QED) is 0.848. The largest absolute Gasteiger partial charge is 0.305 e. The topological polar surface area (TPSA) is 34.9 Å². The molecule has 3 nitrogen and oxygen atoms in total. The summed E-state index contributed by atoms with van der Waals surface area (Å²) in [7, 11) is 0. The molecule has 1 aromatic carbocycles. The van der Waals surface area contributed by atoms with Crippen molar-refractivity contribution in [1.82, 2.24) is 9.55 Å². The lowest BCUT2D eigenvalue weighted by atomic mass is 10.2. The number of hydrogen-bond donors (Lipinski definition) is 0. The highest BCUT2D eigenvalue weighted by molar-refractivity contribution is 9.10. The summed E-state index contributed by atoms with van der Waals surface area (Å²) < 4.78 is 2.76. The molecule has 0 N–H and O–H groups in total. The van der Waals surface area contributed by atoms with Gasteiger partial charge in [0, 0.05) is 11.0 Å². The predicted octanol–water partition coefficient (Wildman–Crippen LogP) is 2.88. The molecule has 1 heterocycles. The fourth-order valence-corrected chi connectivity index (χ4v) is 2.14. The van der Waals surface area contributed by atoms with E-state index in [0.717, 1.165) is 28.5 Å². The van der Waals surface area contributed by atoms with Crippen LogP contribution in [0.1, 0.15) is 19.0 Å². The fourth-order valence-electron chi connectivity index (χ4n) is 1.79. The van der Waals surface area contributed by atoms with Crippen molar-refractivity contribution in [3.63, 3.8) is 0 Å². The van der Waals surface area contributed by atoms with E-state index >= 15 is 0 Å². The van der Waals surface area contributed by atoms with E-state index in [1.54, 1.807) is 11.5 Å². The highest BCUT2D eigenvalue weighted by Gasteiger charge is 2.07. The molecule has 0 fully saturated rings. The van der Waals surface area contributed by atoms with Gasteiger partial charge in [-0.15, -0.1) is 0 Å². The lowest BCUT2D eigenvalue weighted by molar-refractivity contribution is 0.669. The average Bonchev–Trinajstić information content (AvgIpc) is 2.26. The maximum atomic E-state index is 12.0. The number of aromatic nitrogens is 2. The summed E-state index contributed by atoms with van der Waals surface area (Å²) in [6, 6.07) is 5.81. The standard InChI is InChI=1S/C12H13BrN2O/c1-3-6-15-11-7-9(13)4-5-10(11)14-8(2)12(15)16/h4-5,7H,3,6H2,1-2H3. The molecule has 0 spiro atoms. The van der Waals surface area contributed by atoms with Crippen molar-refractivity contribution in [2.45, 2.75) is 26.8 Å². The summed E-state index contributed by atoms with van der Waals surface area (Å²) in [5.74, 6) is 0. The molecule has 0 bridgehead atoms. The summed E-state index contributed by atoms with van der Waals surface area (Å²) >= 11 is 3.42. The first-order valence-corrected chi connectivity index (χ1v) is 6.09. The number of nitrogens with zero attached hydrogens (tertiary/aromatic N) is 2. The maximum absolute atomic E-state index is 12.0. The maximum Gasteiger partial charge on any atom is 0.272 e. The van der Waals surface area contributed by atoms with Crippen LogP contribution in [-0.2, 0) is 6.54 Å². The van der Waals surface area contributed by atoms with Crippen LogP contribution in [0.4, 0.5) is 0 Å². The fraction of sp³-hybridized carbons (Fsp3) is 0.333. The Morgan fingerprint density at radius 3 is 2.88 bits per heavy atom. The van der Waals surface area contributed by atoms with E-state index in [4.69, 9.17) is 0 Å². The monoisotopic (exact) mass is 280 g/mol. The normalized spacial score (nSPS) is 10.9. The molecule has 84 valence electrons. The second-order valence-corrected chi connectivity index (χ2v) is 4.70. The first-order chi connectivity index (χ1) is 7.63. The molecule has 16 heavy (non-hydrogen) atoms. The third kappa shape index (κ3) is 1.89. The Hall–Kier alpha value is -1.16. The van der Waals surface area contributed by atoms with Crippen LogP contribution in [0.25, 0.3) is 11.0 Å². The van der Waals surface area contributed by atoms with Gasteiger partial charge in [0.2, 0.25) is 0 Å². The number of aryl methyl sites for hydroxylation is 2. The second kappa shape index (κ2) is 4.37. The van der Waals surface area contributed by atoms with Gasteiger partial charge in [-0.2, -0.15) is 0 Å². The molecule has 4 heteroatoms. The van der Waals surface area contributed by atoms with Gasteiger partial charge < -0.3 is 4.57 Å². The molecule has 1 aromatic heterocycles. The van der Waals surface area contributed by atoms with Crippen LogP contribution in [0, 0.1) is 6.92 Å². The van der Waals surface area contributed by atoms with E-state index in [1.807, 2.05) is 18.2 Å². The van der Waals surface area contributed by atoms with E-state index in [0.29, 0.717) is 5.69 Å². The van der Waals surface area contributed by atoms with Gasteiger partial charge in [0.05, 0.1) is 11.0 Å². The molecule has 0 aliphatic carbocycles. The van der Waals surface area contributed by atoms with Gasteiger partial charge >= 0.3 is 0 Å². The molecular formula is C12H13BrN2O. The van der Waals surface area contributed by atoms with E-state index in [9.17, 15) is 4.79 Å². The summed E-state index contributed by atoms with van der Waals surface area (Å²) in [6.45, 7) is 4.55. The lowest BCUT2D eigenvalue weighted by Gasteiger charge is -2.09. The predicted molar refractivity (Wildman–Crippen MR) is 68.7 cm³/mol. The third-order valence-corrected chi connectivity index (χ3v) is 3.01. The number of hydrogen-bond acceptors (Lipinski definition) is 2. The van der Waals surface area contributed by atoms with Gasteiger partial charge in [-0.05, 0) is 31.5 Å². The van der Waals surface area contributed by atoms with Gasteiger partial charge in [-0.3, -0.25) is 4.79 Å². The Morgan fingerprint density at radius 1 is 1.44 bits per heavy atom. The van der Waals surface area contributed by atoms with Crippen molar-refractivity contribution < 1.29 is 0 Å². The van der Waals surface area contributed by atoms with Crippen molar-refractivity contribution >= 4 is 27.0 Å². The van der Waals surface area contributed by atoms with Gasteiger partial charge in [-0.25, -0.2) is 4.98 Å². The highest BCUT2D eigenvalue weighted by Crippen LogP contribution is 2.17. The second-order valence-electron chi connectivity index (χ2n) is 3.79. The zero-order chi connectivity index (χ0) is 11.7. The Labute approximate surface area is 102 Å². The molecule has 2 rings (SSSR count). The van der Waals surface area contributed by atoms with Crippen LogP contribution in [0.3, 0.4) is 0 Å².